The van der Waals surface area contributed by atoms with Gasteiger partial charge in [0.25, 0.3) is 0 Å². The van der Waals surface area contributed by atoms with Gasteiger partial charge in [0.15, 0.2) is 0 Å². The standard InChI is InChI=1S/C17H17ClN4/c18-15-4-5-16(14(9-15)10-19)22-8-6-13(12-22)11-21-17-3-1-2-7-20-17/h1-5,7,9,13H,6,8,11-12H2,(H,20,21). The van der Waals surface area contributed by atoms with Crippen molar-refractivity contribution in [3.63, 3.8) is 0 Å². The van der Waals surface area contributed by atoms with Crippen LogP contribution in [0.3, 0.4) is 0 Å². The Kier molecular flexibility index (Phi) is 4.45. The van der Waals surface area contributed by atoms with Crippen LogP contribution in [0.5, 0.6) is 0 Å². The van der Waals surface area contributed by atoms with Gasteiger partial charge in [0.2, 0.25) is 0 Å². The van der Waals surface area contributed by atoms with Crippen LogP contribution in [-0.4, -0.2) is 24.6 Å². The molecule has 0 saturated carbocycles. The number of halogens is 1. The minimum absolute atomic E-state index is 0.546. The Labute approximate surface area is 135 Å². The number of benzene rings is 1. The van der Waals surface area contributed by atoms with Gasteiger partial charge in [-0.3, -0.25) is 0 Å². The Morgan fingerprint density at radius 3 is 3.05 bits per heavy atom. The molecule has 0 aliphatic carbocycles. The molecule has 1 saturated heterocycles. The lowest BCUT2D eigenvalue weighted by atomic mass is 10.1. The summed E-state index contributed by atoms with van der Waals surface area (Å²) in [6.45, 7) is 2.80. The molecule has 4 nitrogen and oxygen atoms in total. The van der Waals surface area contributed by atoms with Gasteiger partial charge >= 0.3 is 0 Å². The third kappa shape index (κ3) is 3.32. The molecule has 1 aromatic carbocycles. The second-order valence-electron chi connectivity index (χ2n) is 5.47. The fraction of sp³-hybridized carbons (Fsp3) is 0.294. The number of nitriles is 1. The highest BCUT2D eigenvalue weighted by Gasteiger charge is 2.24. The molecular weight excluding hydrogens is 296 g/mol. The topological polar surface area (TPSA) is 52.0 Å². The number of pyridine rings is 1. The first-order valence-corrected chi connectivity index (χ1v) is 7.73. The molecule has 1 aromatic heterocycles. The molecule has 2 heterocycles. The van der Waals surface area contributed by atoms with Crippen LogP contribution in [-0.2, 0) is 0 Å². The summed E-state index contributed by atoms with van der Waals surface area (Å²) < 4.78 is 0. The minimum Gasteiger partial charge on any atom is -0.370 e. The smallest absolute Gasteiger partial charge is 0.125 e. The predicted molar refractivity (Wildman–Crippen MR) is 89.2 cm³/mol. The second-order valence-corrected chi connectivity index (χ2v) is 5.91. The van der Waals surface area contributed by atoms with Crippen LogP contribution in [0.25, 0.3) is 0 Å². The van der Waals surface area contributed by atoms with Crippen LogP contribution >= 0.6 is 11.6 Å². The maximum absolute atomic E-state index is 9.27. The average molecular weight is 313 g/mol. The molecule has 1 unspecified atom stereocenters. The van der Waals surface area contributed by atoms with Crippen molar-refractivity contribution < 1.29 is 0 Å². The van der Waals surface area contributed by atoms with Crippen molar-refractivity contribution >= 4 is 23.1 Å². The molecule has 0 spiro atoms. The van der Waals surface area contributed by atoms with E-state index in [4.69, 9.17) is 11.6 Å². The molecule has 3 rings (SSSR count). The number of nitrogens with zero attached hydrogens (tertiary/aromatic N) is 3. The first-order chi connectivity index (χ1) is 10.8. The molecule has 2 aromatic rings. The lowest BCUT2D eigenvalue weighted by Gasteiger charge is -2.20. The van der Waals surface area contributed by atoms with Crippen LogP contribution in [0.4, 0.5) is 11.5 Å². The van der Waals surface area contributed by atoms with Crippen LogP contribution in [0.2, 0.25) is 5.02 Å². The van der Waals surface area contributed by atoms with Crippen molar-refractivity contribution in [2.45, 2.75) is 6.42 Å². The average Bonchev–Trinajstić information content (AvgIpc) is 3.02. The molecule has 1 N–H and O–H groups in total. The van der Waals surface area contributed by atoms with Gasteiger partial charge in [0, 0.05) is 30.9 Å². The summed E-state index contributed by atoms with van der Waals surface area (Å²) >= 11 is 5.96. The Hall–Kier alpha value is -2.25. The quantitative estimate of drug-likeness (QED) is 0.938. The van der Waals surface area contributed by atoms with Gasteiger partial charge in [0.1, 0.15) is 11.9 Å². The van der Waals surface area contributed by atoms with E-state index in [0.29, 0.717) is 16.5 Å². The van der Waals surface area contributed by atoms with Crippen LogP contribution in [0, 0.1) is 17.2 Å². The summed E-state index contributed by atoms with van der Waals surface area (Å²) in [6, 6.07) is 13.6. The molecule has 0 radical (unpaired) electrons. The van der Waals surface area contributed by atoms with E-state index in [2.05, 4.69) is 21.3 Å². The Morgan fingerprint density at radius 1 is 1.36 bits per heavy atom. The molecule has 0 amide bonds. The third-order valence-corrected chi connectivity index (χ3v) is 4.18. The Morgan fingerprint density at radius 2 is 2.27 bits per heavy atom. The van der Waals surface area contributed by atoms with Crippen LogP contribution < -0.4 is 10.2 Å². The maximum Gasteiger partial charge on any atom is 0.125 e. The second kappa shape index (κ2) is 6.67. The summed E-state index contributed by atoms with van der Waals surface area (Å²) in [4.78, 5) is 6.54. The SMILES string of the molecule is N#Cc1cc(Cl)ccc1N1CCC(CNc2ccccn2)C1. The summed E-state index contributed by atoms with van der Waals surface area (Å²) in [7, 11) is 0. The van der Waals surface area contributed by atoms with Crippen molar-refractivity contribution in [3.05, 3.63) is 53.2 Å². The van der Waals surface area contributed by atoms with Crippen LogP contribution in [0.1, 0.15) is 12.0 Å². The zero-order valence-corrected chi connectivity index (χ0v) is 12.9. The van der Waals surface area contributed by atoms with E-state index in [1.54, 1.807) is 12.3 Å². The molecule has 1 aliphatic heterocycles. The van der Waals surface area contributed by atoms with E-state index < -0.39 is 0 Å². The number of rotatable bonds is 4. The van der Waals surface area contributed by atoms with E-state index in [1.165, 1.54) is 0 Å². The fourth-order valence-electron chi connectivity index (χ4n) is 2.81. The van der Waals surface area contributed by atoms with Gasteiger partial charge in [-0.2, -0.15) is 5.26 Å². The molecule has 112 valence electrons. The molecule has 0 bridgehead atoms. The number of aromatic nitrogens is 1. The highest BCUT2D eigenvalue weighted by molar-refractivity contribution is 6.30. The van der Waals surface area contributed by atoms with Gasteiger partial charge in [-0.15, -0.1) is 0 Å². The molecular formula is C17H17ClN4. The van der Waals surface area contributed by atoms with E-state index >= 15 is 0 Å². The van der Waals surface area contributed by atoms with Gasteiger partial charge in [-0.05, 0) is 42.7 Å². The van der Waals surface area contributed by atoms with Crippen molar-refractivity contribution in [1.29, 1.82) is 5.26 Å². The van der Waals surface area contributed by atoms with Gasteiger partial charge in [0.05, 0.1) is 11.3 Å². The largest absolute Gasteiger partial charge is 0.370 e. The number of anilines is 2. The van der Waals surface area contributed by atoms with E-state index in [-0.39, 0.29) is 0 Å². The molecule has 22 heavy (non-hydrogen) atoms. The summed E-state index contributed by atoms with van der Waals surface area (Å²) in [5.74, 6) is 1.45. The molecule has 5 heteroatoms. The van der Waals surface area contributed by atoms with Crippen molar-refractivity contribution in [3.8, 4) is 6.07 Å². The zero-order chi connectivity index (χ0) is 15.4. The zero-order valence-electron chi connectivity index (χ0n) is 12.2. The number of nitrogens with one attached hydrogen (secondary N) is 1. The maximum atomic E-state index is 9.27. The first-order valence-electron chi connectivity index (χ1n) is 7.36. The van der Waals surface area contributed by atoms with Gasteiger partial charge in [-0.1, -0.05) is 17.7 Å². The predicted octanol–water partition coefficient (Wildman–Crippen LogP) is 3.55. The lowest BCUT2D eigenvalue weighted by Crippen LogP contribution is -2.23. The van der Waals surface area contributed by atoms with Crippen molar-refractivity contribution in [2.75, 3.05) is 29.9 Å². The van der Waals surface area contributed by atoms with E-state index in [9.17, 15) is 5.26 Å². The number of hydrogen-bond acceptors (Lipinski definition) is 4. The fourth-order valence-corrected chi connectivity index (χ4v) is 2.98. The molecule has 1 atom stereocenters. The van der Waals surface area contributed by atoms with Crippen molar-refractivity contribution in [2.24, 2.45) is 5.92 Å². The summed E-state index contributed by atoms with van der Waals surface area (Å²) in [5, 5.41) is 13.2. The van der Waals surface area contributed by atoms with Gasteiger partial charge < -0.3 is 10.2 Å². The monoisotopic (exact) mass is 312 g/mol. The first kappa shape index (κ1) is 14.7. The highest BCUT2D eigenvalue weighted by atomic mass is 35.5. The Bertz CT molecular complexity index is 681. The molecule has 1 fully saturated rings. The number of hydrogen-bond donors (Lipinski definition) is 1. The third-order valence-electron chi connectivity index (χ3n) is 3.94. The molecule has 1 aliphatic rings. The van der Waals surface area contributed by atoms with E-state index in [0.717, 1.165) is 37.6 Å². The highest BCUT2D eigenvalue weighted by Crippen LogP contribution is 2.28. The summed E-state index contributed by atoms with van der Waals surface area (Å²) in [5.41, 5.74) is 1.62. The van der Waals surface area contributed by atoms with Gasteiger partial charge in [-0.25, -0.2) is 4.98 Å². The lowest BCUT2D eigenvalue weighted by molar-refractivity contribution is 0.621. The summed E-state index contributed by atoms with van der Waals surface area (Å²) in [6.07, 6.45) is 2.89. The van der Waals surface area contributed by atoms with E-state index in [1.807, 2.05) is 30.3 Å². The van der Waals surface area contributed by atoms with Crippen molar-refractivity contribution in [1.82, 2.24) is 4.98 Å². The minimum atomic E-state index is 0.546. The normalized spacial score (nSPS) is 17.3. The van der Waals surface area contributed by atoms with Crippen LogP contribution in [0.15, 0.2) is 42.6 Å². The Balaban J connectivity index is 1.62.